The minimum absolute atomic E-state index is 0.00964. The SMILES string of the molecule is Cc1cc(NC(=O)Cc2c(C)nn(-c3ccccc3)c2C)n(-c2ccc([N+](=O)[O-])cc2)n1. The molecule has 9 nitrogen and oxygen atoms in total. The molecule has 0 spiro atoms. The van der Waals surface area contributed by atoms with Crippen LogP contribution in [0.4, 0.5) is 11.5 Å². The molecule has 1 N–H and O–H groups in total. The summed E-state index contributed by atoms with van der Waals surface area (Å²) in [5.41, 5.74) is 4.82. The number of rotatable bonds is 6. The van der Waals surface area contributed by atoms with Crippen molar-refractivity contribution in [1.82, 2.24) is 19.6 Å². The molecule has 162 valence electrons. The molecule has 0 unspecified atom stereocenters. The summed E-state index contributed by atoms with van der Waals surface area (Å²) in [4.78, 5) is 23.3. The maximum Gasteiger partial charge on any atom is 0.269 e. The highest BCUT2D eigenvalue weighted by Gasteiger charge is 2.18. The lowest BCUT2D eigenvalue weighted by molar-refractivity contribution is -0.384. The van der Waals surface area contributed by atoms with Gasteiger partial charge < -0.3 is 5.32 Å². The van der Waals surface area contributed by atoms with Gasteiger partial charge >= 0.3 is 0 Å². The van der Waals surface area contributed by atoms with Crippen LogP contribution in [0, 0.1) is 30.9 Å². The van der Waals surface area contributed by atoms with Crippen molar-refractivity contribution in [2.75, 3.05) is 5.32 Å². The molecule has 0 saturated heterocycles. The van der Waals surface area contributed by atoms with Crippen LogP contribution in [-0.4, -0.2) is 30.4 Å². The van der Waals surface area contributed by atoms with Gasteiger partial charge in [0.1, 0.15) is 5.82 Å². The predicted molar refractivity (Wildman–Crippen MR) is 120 cm³/mol. The fourth-order valence-electron chi connectivity index (χ4n) is 3.60. The Balaban J connectivity index is 1.56. The molecule has 0 radical (unpaired) electrons. The van der Waals surface area contributed by atoms with Crippen LogP contribution < -0.4 is 5.32 Å². The molecule has 2 heterocycles. The Hall–Kier alpha value is -4.27. The number of anilines is 1. The third kappa shape index (κ3) is 4.13. The summed E-state index contributed by atoms with van der Waals surface area (Å²) >= 11 is 0. The van der Waals surface area contributed by atoms with E-state index in [1.807, 2.05) is 55.8 Å². The van der Waals surface area contributed by atoms with Crippen LogP contribution >= 0.6 is 0 Å². The summed E-state index contributed by atoms with van der Waals surface area (Å²) in [6.07, 6.45) is 0.162. The van der Waals surface area contributed by atoms with Crippen molar-refractivity contribution < 1.29 is 9.72 Å². The second-order valence-electron chi connectivity index (χ2n) is 7.48. The van der Waals surface area contributed by atoms with E-state index in [2.05, 4.69) is 15.5 Å². The molecule has 0 atom stereocenters. The van der Waals surface area contributed by atoms with E-state index < -0.39 is 4.92 Å². The van der Waals surface area contributed by atoms with Crippen molar-refractivity contribution in [3.63, 3.8) is 0 Å². The number of aryl methyl sites for hydroxylation is 2. The molecule has 0 saturated carbocycles. The van der Waals surface area contributed by atoms with Gasteiger partial charge in [0.2, 0.25) is 5.91 Å². The second kappa shape index (κ2) is 8.46. The Morgan fingerprint density at radius 1 is 0.969 bits per heavy atom. The molecular weight excluding hydrogens is 408 g/mol. The number of nitro benzene ring substituents is 1. The molecule has 32 heavy (non-hydrogen) atoms. The Morgan fingerprint density at radius 2 is 1.62 bits per heavy atom. The number of para-hydroxylation sites is 1. The molecule has 0 aliphatic rings. The summed E-state index contributed by atoms with van der Waals surface area (Å²) in [5, 5.41) is 22.8. The molecule has 4 rings (SSSR count). The van der Waals surface area contributed by atoms with Gasteiger partial charge in [0.25, 0.3) is 5.69 Å². The third-order valence-corrected chi connectivity index (χ3v) is 5.18. The van der Waals surface area contributed by atoms with Gasteiger partial charge in [0.05, 0.1) is 34.1 Å². The minimum Gasteiger partial charge on any atom is -0.310 e. The fraction of sp³-hybridized carbons (Fsp3) is 0.174. The standard InChI is InChI=1S/C23H22N6O3/c1-15-13-22(28(25-15)19-9-11-20(12-10-19)29(31)32)24-23(30)14-21-16(2)26-27(17(21)3)18-7-5-4-6-8-18/h4-13H,14H2,1-3H3,(H,24,30). The molecule has 1 amide bonds. The van der Waals surface area contributed by atoms with Crippen molar-refractivity contribution in [2.24, 2.45) is 0 Å². The number of hydrogen-bond donors (Lipinski definition) is 1. The number of nitro groups is 1. The molecular formula is C23H22N6O3. The molecule has 2 aromatic carbocycles. The molecule has 0 aliphatic heterocycles. The molecule has 9 heteroatoms. The third-order valence-electron chi connectivity index (χ3n) is 5.18. The van der Waals surface area contributed by atoms with Crippen LogP contribution in [0.15, 0.2) is 60.7 Å². The average Bonchev–Trinajstić information content (AvgIpc) is 3.28. The van der Waals surface area contributed by atoms with E-state index in [1.165, 1.54) is 12.1 Å². The molecule has 4 aromatic rings. The number of carbonyl (C=O) groups is 1. The van der Waals surface area contributed by atoms with Crippen LogP contribution in [0.1, 0.15) is 22.6 Å². The lowest BCUT2D eigenvalue weighted by atomic mass is 10.1. The number of nitrogens with zero attached hydrogens (tertiary/aromatic N) is 5. The van der Waals surface area contributed by atoms with Gasteiger partial charge in [0.15, 0.2) is 0 Å². The van der Waals surface area contributed by atoms with Crippen molar-refractivity contribution in [1.29, 1.82) is 0 Å². The van der Waals surface area contributed by atoms with Gasteiger partial charge in [-0.05, 0) is 45.0 Å². The largest absolute Gasteiger partial charge is 0.310 e. The molecule has 2 aromatic heterocycles. The Morgan fingerprint density at radius 3 is 2.28 bits per heavy atom. The van der Waals surface area contributed by atoms with Crippen LogP contribution in [0.2, 0.25) is 0 Å². The fourth-order valence-corrected chi connectivity index (χ4v) is 3.60. The van der Waals surface area contributed by atoms with Crippen LogP contribution in [0.25, 0.3) is 11.4 Å². The summed E-state index contributed by atoms with van der Waals surface area (Å²) < 4.78 is 3.40. The Kier molecular flexibility index (Phi) is 5.55. The first-order chi connectivity index (χ1) is 15.3. The Labute approximate surface area is 184 Å². The highest BCUT2D eigenvalue weighted by atomic mass is 16.6. The number of non-ortho nitro benzene ring substituents is 1. The quantitative estimate of drug-likeness (QED) is 0.366. The normalized spacial score (nSPS) is 10.8. The minimum atomic E-state index is -0.457. The van der Waals surface area contributed by atoms with Crippen molar-refractivity contribution >= 4 is 17.4 Å². The van der Waals surface area contributed by atoms with Gasteiger partial charge in [0, 0.05) is 29.5 Å². The van der Waals surface area contributed by atoms with Crippen LogP contribution in [0.3, 0.4) is 0 Å². The van der Waals surface area contributed by atoms with Crippen molar-refractivity contribution in [2.45, 2.75) is 27.2 Å². The van der Waals surface area contributed by atoms with Gasteiger partial charge in [-0.2, -0.15) is 10.2 Å². The van der Waals surface area contributed by atoms with E-state index in [0.717, 1.165) is 22.6 Å². The predicted octanol–water partition coefficient (Wildman–Crippen LogP) is 4.07. The van der Waals surface area contributed by atoms with Crippen molar-refractivity contribution in [3.05, 3.63) is 93.4 Å². The maximum absolute atomic E-state index is 12.9. The number of amides is 1. The van der Waals surface area contributed by atoms with Crippen molar-refractivity contribution in [3.8, 4) is 11.4 Å². The summed E-state index contributed by atoms with van der Waals surface area (Å²) in [6, 6.07) is 17.5. The van der Waals surface area contributed by atoms with Gasteiger partial charge in [-0.15, -0.1) is 0 Å². The summed E-state index contributed by atoms with van der Waals surface area (Å²) in [5.74, 6) is 0.291. The van der Waals surface area contributed by atoms with E-state index in [9.17, 15) is 14.9 Å². The van der Waals surface area contributed by atoms with E-state index >= 15 is 0 Å². The first kappa shape index (κ1) is 21.0. The van der Waals surface area contributed by atoms with Crippen LogP contribution in [-0.2, 0) is 11.2 Å². The van der Waals surface area contributed by atoms with Crippen LogP contribution in [0.5, 0.6) is 0 Å². The van der Waals surface area contributed by atoms with E-state index in [-0.39, 0.29) is 18.0 Å². The first-order valence-electron chi connectivity index (χ1n) is 10.1. The van der Waals surface area contributed by atoms with Gasteiger partial charge in [-0.1, -0.05) is 18.2 Å². The van der Waals surface area contributed by atoms with Gasteiger partial charge in [-0.3, -0.25) is 14.9 Å². The summed E-state index contributed by atoms with van der Waals surface area (Å²) in [6.45, 7) is 5.65. The van der Waals surface area contributed by atoms with E-state index in [4.69, 9.17) is 0 Å². The lowest BCUT2D eigenvalue weighted by Crippen LogP contribution is -2.18. The second-order valence-corrected chi connectivity index (χ2v) is 7.48. The number of hydrogen-bond acceptors (Lipinski definition) is 5. The average molecular weight is 430 g/mol. The Bertz CT molecular complexity index is 1290. The number of nitrogens with one attached hydrogen (secondary N) is 1. The number of benzene rings is 2. The number of aromatic nitrogens is 4. The highest BCUT2D eigenvalue weighted by molar-refractivity contribution is 5.92. The van der Waals surface area contributed by atoms with E-state index in [0.29, 0.717) is 17.2 Å². The molecule has 0 aliphatic carbocycles. The lowest BCUT2D eigenvalue weighted by Gasteiger charge is -2.09. The molecule has 0 bridgehead atoms. The zero-order valence-corrected chi connectivity index (χ0v) is 17.9. The number of carbonyl (C=O) groups excluding carboxylic acids is 1. The molecule has 0 fully saturated rings. The van der Waals surface area contributed by atoms with Gasteiger partial charge in [-0.25, -0.2) is 9.36 Å². The topological polar surface area (TPSA) is 108 Å². The first-order valence-corrected chi connectivity index (χ1v) is 10.1. The smallest absolute Gasteiger partial charge is 0.269 e. The zero-order chi connectivity index (χ0) is 22.8. The maximum atomic E-state index is 12.9. The van der Waals surface area contributed by atoms with E-state index in [1.54, 1.807) is 22.9 Å². The summed E-state index contributed by atoms with van der Waals surface area (Å²) in [7, 11) is 0. The highest BCUT2D eigenvalue weighted by Crippen LogP contribution is 2.22. The monoisotopic (exact) mass is 430 g/mol. The zero-order valence-electron chi connectivity index (χ0n) is 17.9.